The minimum absolute atomic E-state index is 0.0389. The van der Waals surface area contributed by atoms with Crippen LogP contribution < -0.4 is 10.9 Å². The van der Waals surface area contributed by atoms with Crippen LogP contribution in [0.2, 0.25) is 5.28 Å². The molecule has 0 aliphatic carbocycles. The van der Waals surface area contributed by atoms with Gasteiger partial charge < -0.3 is 4.74 Å². The van der Waals surface area contributed by atoms with E-state index in [1.807, 2.05) is 25.1 Å². The van der Waals surface area contributed by atoms with Crippen molar-refractivity contribution in [2.45, 2.75) is 6.92 Å². The van der Waals surface area contributed by atoms with Gasteiger partial charge in [0.1, 0.15) is 6.61 Å². The van der Waals surface area contributed by atoms with Crippen LogP contribution in [-0.4, -0.2) is 29.6 Å². The van der Waals surface area contributed by atoms with Crippen molar-refractivity contribution in [2.75, 3.05) is 19.1 Å². The normalized spacial score (nSPS) is 10.5. The third-order valence-electron chi connectivity index (χ3n) is 2.42. The van der Waals surface area contributed by atoms with Gasteiger partial charge in [-0.2, -0.15) is 4.98 Å². The van der Waals surface area contributed by atoms with Gasteiger partial charge in [0.15, 0.2) is 5.82 Å². The Kier molecular flexibility index (Phi) is 4.13. The molecule has 2 N–H and O–H groups in total. The van der Waals surface area contributed by atoms with Crippen LogP contribution >= 0.6 is 11.6 Å². The summed E-state index contributed by atoms with van der Waals surface area (Å²) >= 11 is 5.84. The maximum atomic E-state index is 11.3. The Hall–Kier alpha value is -1.92. The number of ether oxygens (including phenoxy) is 1. The van der Waals surface area contributed by atoms with E-state index < -0.39 is 0 Å². The number of methoxy groups -OCH3 is 1. The smallest absolute Gasteiger partial charge is 0.264 e. The second kappa shape index (κ2) is 5.81. The number of rotatable bonds is 4. The number of carbonyl (C=O) groups is 1. The molecule has 1 aromatic carbocycles. The molecule has 19 heavy (non-hydrogen) atoms. The minimum Gasteiger partial charge on any atom is -0.375 e. The molecule has 0 spiro atoms. The van der Waals surface area contributed by atoms with Gasteiger partial charge in [-0.05, 0) is 30.7 Å². The van der Waals surface area contributed by atoms with Crippen molar-refractivity contribution in [3.8, 4) is 0 Å². The lowest BCUT2D eigenvalue weighted by atomic mass is 10.1. The fourth-order valence-electron chi connectivity index (χ4n) is 1.61. The quantitative estimate of drug-likeness (QED) is 0.658. The fraction of sp³-hybridized carbons (Fsp3) is 0.250. The van der Waals surface area contributed by atoms with Crippen LogP contribution in [0.5, 0.6) is 0 Å². The van der Waals surface area contributed by atoms with Gasteiger partial charge in [0.2, 0.25) is 5.28 Å². The molecule has 0 saturated carbocycles. The number of nitrogens with zero attached hydrogens (tertiary/aromatic N) is 2. The van der Waals surface area contributed by atoms with E-state index in [2.05, 4.69) is 20.8 Å². The van der Waals surface area contributed by atoms with Gasteiger partial charge in [-0.25, -0.2) is 4.98 Å². The van der Waals surface area contributed by atoms with Crippen molar-refractivity contribution in [1.82, 2.24) is 15.4 Å². The third-order valence-corrected chi connectivity index (χ3v) is 2.59. The van der Waals surface area contributed by atoms with Gasteiger partial charge in [0, 0.05) is 12.5 Å². The SMILES string of the molecule is COCC(=O)NNc1nc(Cl)nc2ccc(C)cc12. The molecule has 1 amide bonds. The van der Waals surface area contributed by atoms with Gasteiger partial charge in [-0.15, -0.1) is 0 Å². The Labute approximate surface area is 115 Å². The van der Waals surface area contributed by atoms with Gasteiger partial charge in [0.25, 0.3) is 5.91 Å². The van der Waals surface area contributed by atoms with Crippen LogP contribution in [0.3, 0.4) is 0 Å². The molecule has 0 atom stereocenters. The lowest BCUT2D eigenvalue weighted by molar-refractivity contribution is -0.124. The molecule has 0 aliphatic rings. The van der Waals surface area contributed by atoms with Crippen LogP contribution in [0, 0.1) is 6.92 Å². The number of nitrogens with one attached hydrogen (secondary N) is 2. The number of halogens is 1. The molecule has 0 radical (unpaired) electrons. The van der Waals surface area contributed by atoms with E-state index in [-0.39, 0.29) is 17.8 Å². The molecular formula is C12H13ClN4O2. The summed E-state index contributed by atoms with van der Waals surface area (Å²) in [5.41, 5.74) is 6.96. The number of hydrazine groups is 1. The molecule has 0 aliphatic heterocycles. The third kappa shape index (κ3) is 3.30. The van der Waals surface area contributed by atoms with E-state index >= 15 is 0 Å². The predicted octanol–water partition coefficient (Wildman–Crippen LogP) is 1.68. The van der Waals surface area contributed by atoms with Crippen molar-refractivity contribution in [1.29, 1.82) is 0 Å². The molecule has 0 bridgehead atoms. The molecule has 0 saturated heterocycles. The Morgan fingerprint density at radius 2 is 2.21 bits per heavy atom. The molecule has 0 fully saturated rings. The monoisotopic (exact) mass is 280 g/mol. The highest BCUT2D eigenvalue weighted by molar-refractivity contribution is 6.28. The van der Waals surface area contributed by atoms with Gasteiger partial charge >= 0.3 is 0 Å². The first-order chi connectivity index (χ1) is 9.10. The number of carbonyl (C=O) groups excluding carboxylic acids is 1. The zero-order chi connectivity index (χ0) is 13.8. The number of benzene rings is 1. The van der Waals surface area contributed by atoms with E-state index in [0.717, 1.165) is 10.9 Å². The average Bonchev–Trinajstić information content (AvgIpc) is 2.37. The fourth-order valence-corrected chi connectivity index (χ4v) is 1.78. The zero-order valence-electron chi connectivity index (χ0n) is 10.5. The summed E-state index contributed by atoms with van der Waals surface area (Å²) in [6, 6.07) is 5.69. The molecule has 7 heteroatoms. The zero-order valence-corrected chi connectivity index (χ0v) is 11.3. The number of aryl methyl sites for hydroxylation is 1. The van der Waals surface area contributed by atoms with E-state index in [4.69, 9.17) is 16.3 Å². The van der Waals surface area contributed by atoms with E-state index in [0.29, 0.717) is 11.3 Å². The van der Waals surface area contributed by atoms with Gasteiger partial charge in [0.05, 0.1) is 5.52 Å². The molecule has 2 rings (SSSR count). The topological polar surface area (TPSA) is 76.1 Å². The van der Waals surface area contributed by atoms with Crippen LogP contribution in [0.4, 0.5) is 5.82 Å². The lowest BCUT2D eigenvalue weighted by Gasteiger charge is -2.10. The molecule has 100 valence electrons. The summed E-state index contributed by atoms with van der Waals surface area (Å²) in [5, 5.41) is 0.891. The Morgan fingerprint density at radius 1 is 1.42 bits per heavy atom. The molecule has 2 aromatic rings. The second-order valence-corrected chi connectivity index (χ2v) is 4.31. The Morgan fingerprint density at radius 3 is 2.95 bits per heavy atom. The van der Waals surface area contributed by atoms with Crippen LogP contribution in [0.15, 0.2) is 18.2 Å². The summed E-state index contributed by atoms with van der Waals surface area (Å²) in [6.07, 6.45) is 0. The number of anilines is 1. The summed E-state index contributed by atoms with van der Waals surface area (Å²) < 4.78 is 4.71. The molecular weight excluding hydrogens is 268 g/mol. The second-order valence-electron chi connectivity index (χ2n) is 3.97. The van der Waals surface area contributed by atoms with Crippen LogP contribution in [-0.2, 0) is 9.53 Å². The van der Waals surface area contributed by atoms with Gasteiger partial charge in [-0.1, -0.05) is 11.6 Å². The first-order valence-electron chi connectivity index (χ1n) is 5.58. The highest BCUT2D eigenvalue weighted by Crippen LogP contribution is 2.22. The first-order valence-corrected chi connectivity index (χ1v) is 5.95. The van der Waals surface area contributed by atoms with Crippen molar-refractivity contribution >= 4 is 34.2 Å². The van der Waals surface area contributed by atoms with Crippen LogP contribution in [0.1, 0.15) is 5.56 Å². The number of aromatic nitrogens is 2. The molecule has 1 heterocycles. The van der Waals surface area contributed by atoms with Gasteiger partial charge in [-0.3, -0.25) is 15.6 Å². The number of hydrogen-bond acceptors (Lipinski definition) is 5. The molecule has 6 nitrogen and oxygen atoms in total. The summed E-state index contributed by atoms with van der Waals surface area (Å²) in [6.45, 7) is 1.92. The predicted molar refractivity (Wildman–Crippen MR) is 72.9 cm³/mol. The van der Waals surface area contributed by atoms with Crippen molar-refractivity contribution in [2.24, 2.45) is 0 Å². The number of amides is 1. The maximum absolute atomic E-state index is 11.3. The highest BCUT2D eigenvalue weighted by atomic mass is 35.5. The standard InChI is InChI=1S/C12H13ClN4O2/c1-7-3-4-9-8(5-7)11(15-12(13)14-9)17-16-10(18)6-19-2/h3-5H,6H2,1-2H3,(H,16,18)(H,14,15,17). The summed E-state index contributed by atoms with van der Waals surface area (Å²) in [4.78, 5) is 19.5. The van der Waals surface area contributed by atoms with Crippen molar-refractivity contribution in [3.05, 3.63) is 29.0 Å². The van der Waals surface area contributed by atoms with E-state index in [1.165, 1.54) is 7.11 Å². The van der Waals surface area contributed by atoms with Crippen molar-refractivity contribution in [3.63, 3.8) is 0 Å². The minimum atomic E-state index is -0.307. The van der Waals surface area contributed by atoms with Crippen molar-refractivity contribution < 1.29 is 9.53 Å². The average molecular weight is 281 g/mol. The summed E-state index contributed by atoms with van der Waals surface area (Å²) in [5.74, 6) is 0.140. The number of hydrogen-bond donors (Lipinski definition) is 2. The molecule has 0 unspecified atom stereocenters. The summed E-state index contributed by atoms with van der Waals surface area (Å²) in [7, 11) is 1.44. The lowest BCUT2D eigenvalue weighted by Crippen LogP contribution is -2.32. The molecule has 1 aromatic heterocycles. The van der Waals surface area contributed by atoms with Crippen LogP contribution in [0.25, 0.3) is 10.9 Å². The van der Waals surface area contributed by atoms with E-state index in [1.54, 1.807) is 0 Å². The Bertz CT molecular complexity index is 618. The first kappa shape index (κ1) is 13.5. The van der Waals surface area contributed by atoms with E-state index in [9.17, 15) is 4.79 Å². The maximum Gasteiger partial charge on any atom is 0.264 e. The largest absolute Gasteiger partial charge is 0.375 e. The Balaban J connectivity index is 2.30. The highest BCUT2D eigenvalue weighted by Gasteiger charge is 2.08. The number of fused-ring (bicyclic) bond motifs is 1.